The Hall–Kier alpha value is -2.56. The minimum atomic E-state index is 0.624. The molecule has 0 aliphatic carbocycles. The molecule has 0 bridgehead atoms. The number of aromatic nitrogens is 5. The van der Waals surface area contributed by atoms with Gasteiger partial charge in [0.05, 0.1) is 18.4 Å². The van der Waals surface area contributed by atoms with Crippen molar-refractivity contribution in [3.8, 4) is 11.3 Å². The summed E-state index contributed by atoms with van der Waals surface area (Å²) in [4.78, 5) is 8.24. The van der Waals surface area contributed by atoms with E-state index in [1.54, 1.807) is 23.3 Å². The van der Waals surface area contributed by atoms with Crippen LogP contribution in [0.1, 0.15) is 5.69 Å². The number of hydrogen-bond donors (Lipinski definition) is 0. The molecule has 3 heterocycles. The molecule has 88 valence electrons. The van der Waals surface area contributed by atoms with Crippen LogP contribution in [0.2, 0.25) is 0 Å². The van der Waals surface area contributed by atoms with Crippen molar-refractivity contribution in [1.29, 1.82) is 0 Å². The maximum atomic E-state index is 4.26. The number of rotatable bonds is 3. The van der Waals surface area contributed by atoms with Crippen LogP contribution in [0.15, 0.2) is 55.1 Å². The van der Waals surface area contributed by atoms with E-state index in [9.17, 15) is 0 Å². The minimum absolute atomic E-state index is 0.624. The zero-order chi connectivity index (χ0) is 12.2. The Kier molecular flexibility index (Phi) is 2.79. The van der Waals surface area contributed by atoms with Gasteiger partial charge in [-0.2, -0.15) is 0 Å². The van der Waals surface area contributed by atoms with Gasteiger partial charge in [0, 0.05) is 24.2 Å². The Bertz CT molecular complexity index is 618. The summed E-state index contributed by atoms with van der Waals surface area (Å²) in [5.41, 5.74) is 2.81. The van der Waals surface area contributed by atoms with Crippen molar-refractivity contribution in [2.24, 2.45) is 0 Å². The van der Waals surface area contributed by atoms with Gasteiger partial charge in [-0.3, -0.25) is 9.97 Å². The molecule has 0 aliphatic heterocycles. The first-order valence-electron chi connectivity index (χ1n) is 5.62. The van der Waals surface area contributed by atoms with Crippen LogP contribution in [0.5, 0.6) is 0 Å². The lowest BCUT2D eigenvalue weighted by molar-refractivity contribution is 0.639. The van der Waals surface area contributed by atoms with E-state index in [2.05, 4.69) is 20.3 Å². The molecule has 18 heavy (non-hydrogen) atoms. The van der Waals surface area contributed by atoms with E-state index in [1.807, 2.05) is 36.5 Å². The third kappa shape index (κ3) is 2.24. The van der Waals surface area contributed by atoms with Crippen molar-refractivity contribution in [2.45, 2.75) is 6.54 Å². The van der Waals surface area contributed by atoms with Gasteiger partial charge >= 0.3 is 0 Å². The first-order valence-corrected chi connectivity index (χ1v) is 5.62. The summed E-state index contributed by atoms with van der Waals surface area (Å²) in [5, 5.41) is 8.23. The van der Waals surface area contributed by atoms with Gasteiger partial charge in [-0.15, -0.1) is 5.10 Å². The average molecular weight is 237 g/mol. The van der Waals surface area contributed by atoms with Gasteiger partial charge in [0.2, 0.25) is 0 Å². The van der Waals surface area contributed by atoms with E-state index < -0.39 is 0 Å². The maximum absolute atomic E-state index is 4.26. The van der Waals surface area contributed by atoms with Crippen molar-refractivity contribution >= 4 is 0 Å². The molecule has 0 spiro atoms. The molecule has 0 aliphatic rings. The molecule has 0 radical (unpaired) electrons. The van der Waals surface area contributed by atoms with Crippen molar-refractivity contribution in [1.82, 2.24) is 25.0 Å². The van der Waals surface area contributed by atoms with Gasteiger partial charge < -0.3 is 0 Å². The van der Waals surface area contributed by atoms with Crippen molar-refractivity contribution in [2.75, 3.05) is 0 Å². The Morgan fingerprint density at radius 2 is 1.89 bits per heavy atom. The van der Waals surface area contributed by atoms with Crippen LogP contribution in [0.25, 0.3) is 11.3 Å². The van der Waals surface area contributed by atoms with Crippen LogP contribution >= 0.6 is 0 Å². The van der Waals surface area contributed by atoms with Crippen LogP contribution < -0.4 is 0 Å². The van der Waals surface area contributed by atoms with Gasteiger partial charge in [0.25, 0.3) is 0 Å². The Morgan fingerprint density at radius 1 is 1.00 bits per heavy atom. The summed E-state index contributed by atoms with van der Waals surface area (Å²) in [6, 6.07) is 9.65. The predicted molar refractivity (Wildman–Crippen MR) is 66.6 cm³/mol. The van der Waals surface area contributed by atoms with Crippen molar-refractivity contribution < 1.29 is 0 Å². The summed E-state index contributed by atoms with van der Waals surface area (Å²) < 4.78 is 1.78. The molecule has 5 heteroatoms. The first-order chi connectivity index (χ1) is 8.92. The minimum Gasteiger partial charge on any atom is -0.265 e. The second-order valence-electron chi connectivity index (χ2n) is 3.86. The Labute approximate surface area is 104 Å². The second kappa shape index (κ2) is 4.75. The highest BCUT2D eigenvalue weighted by Gasteiger charge is 2.03. The molecule has 3 aromatic rings. The molecular weight excluding hydrogens is 226 g/mol. The molecule has 0 saturated carbocycles. The van der Waals surface area contributed by atoms with Gasteiger partial charge in [-0.25, -0.2) is 4.68 Å². The molecule has 0 unspecified atom stereocenters. The average Bonchev–Trinajstić information content (AvgIpc) is 2.89. The quantitative estimate of drug-likeness (QED) is 0.696. The summed E-state index contributed by atoms with van der Waals surface area (Å²) in [7, 11) is 0. The smallest absolute Gasteiger partial charge is 0.113 e. The van der Waals surface area contributed by atoms with Crippen LogP contribution in [-0.2, 0) is 6.54 Å². The molecule has 0 aromatic carbocycles. The molecule has 0 fully saturated rings. The van der Waals surface area contributed by atoms with Gasteiger partial charge in [-0.1, -0.05) is 11.3 Å². The summed E-state index contributed by atoms with van der Waals surface area (Å²) in [5.74, 6) is 0. The van der Waals surface area contributed by atoms with E-state index in [0.717, 1.165) is 17.0 Å². The molecule has 3 aromatic heterocycles. The monoisotopic (exact) mass is 237 g/mol. The van der Waals surface area contributed by atoms with E-state index >= 15 is 0 Å². The topological polar surface area (TPSA) is 56.5 Å². The van der Waals surface area contributed by atoms with Crippen LogP contribution in [-0.4, -0.2) is 25.0 Å². The summed E-state index contributed by atoms with van der Waals surface area (Å²) >= 11 is 0. The largest absolute Gasteiger partial charge is 0.265 e. The SMILES string of the molecule is c1ccc(Cn2cc(-c3ccncc3)nn2)nc1. The van der Waals surface area contributed by atoms with Crippen LogP contribution in [0, 0.1) is 0 Å². The van der Waals surface area contributed by atoms with Gasteiger partial charge in [0.1, 0.15) is 5.69 Å². The zero-order valence-electron chi connectivity index (χ0n) is 9.64. The molecule has 0 N–H and O–H groups in total. The van der Waals surface area contributed by atoms with Crippen molar-refractivity contribution in [3.63, 3.8) is 0 Å². The Balaban J connectivity index is 1.82. The normalized spacial score (nSPS) is 10.4. The zero-order valence-corrected chi connectivity index (χ0v) is 9.64. The predicted octanol–water partition coefficient (Wildman–Crippen LogP) is 1.78. The maximum Gasteiger partial charge on any atom is 0.113 e. The number of nitrogens with zero attached hydrogens (tertiary/aromatic N) is 5. The van der Waals surface area contributed by atoms with E-state index in [4.69, 9.17) is 0 Å². The third-order valence-corrected chi connectivity index (χ3v) is 2.56. The lowest BCUT2D eigenvalue weighted by Gasteiger charge is -1.98. The fourth-order valence-corrected chi connectivity index (χ4v) is 1.69. The fraction of sp³-hybridized carbons (Fsp3) is 0.0769. The highest BCUT2D eigenvalue weighted by Crippen LogP contribution is 2.14. The first kappa shape index (κ1) is 10.6. The standard InChI is InChI=1S/C13H11N5/c1-2-6-15-12(3-1)9-18-10-13(16-17-18)11-4-7-14-8-5-11/h1-8,10H,9H2. The molecule has 0 atom stereocenters. The molecule has 0 saturated heterocycles. The van der Waals surface area contributed by atoms with Crippen LogP contribution in [0.3, 0.4) is 0 Å². The highest BCUT2D eigenvalue weighted by atomic mass is 15.4. The number of pyridine rings is 2. The molecule has 5 nitrogen and oxygen atoms in total. The number of hydrogen-bond acceptors (Lipinski definition) is 4. The van der Waals surface area contributed by atoms with Crippen molar-refractivity contribution in [3.05, 3.63) is 60.8 Å². The molecular formula is C13H11N5. The lowest BCUT2D eigenvalue weighted by atomic mass is 10.2. The van der Waals surface area contributed by atoms with E-state index in [1.165, 1.54) is 0 Å². The summed E-state index contributed by atoms with van der Waals surface area (Å²) in [6.45, 7) is 0.624. The van der Waals surface area contributed by atoms with Gasteiger partial charge in [0.15, 0.2) is 0 Å². The third-order valence-electron chi connectivity index (χ3n) is 2.56. The molecule has 0 amide bonds. The van der Waals surface area contributed by atoms with E-state index in [-0.39, 0.29) is 0 Å². The van der Waals surface area contributed by atoms with Gasteiger partial charge in [-0.05, 0) is 24.3 Å². The lowest BCUT2D eigenvalue weighted by Crippen LogP contribution is -2.01. The fourth-order valence-electron chi connectivity index (χ4n) is 1.69. The highest BCUT2D eigenvalue weighted by molar-refractivity contribution is 5.56. The Morgan fingerprint density at radius 3 is 2.67 bits per heavy atom. The summed E-state index contributed by atoms with van der Waals surface area (Å²) in [6.07, 6.45) is 7.17. The second-order valence-corrected chi connectivity index (χ2v) is 3.86. The molecule has 3 rings (SSSR count). The van der Waals surface area contributed by atoms with Crippen LogP contribution in [0.4, 0.5) is 0 Å². The van der Waals surface area contributed by atoms with E-state index in [0.29, 0.717) is 6.54 Å².